The van der Waals surface area contributed by atoms with Crippen LogP contribution in [0.15, 0.2) is 12.2 Å². The number of ether oxygens (including phenoxy) is 1. The predicted molar refractivity (Wildman–Crippen MR) is 227 cm³/mol. The number of esters is 1. The molecule has 6 heteroatoms. The number of hydrogen-bond acceptors (Lipinski definition) is 5. The number of nitrogens with one attached hydrogen (secondary N) is 1. The molecule has 0 rings (SSSR count). The lowest BCUT2D eigenvalue weighted by Gasteiger charge is -2.22. The molecule has 3 N–H and O–H groups in total. The standard InChI is InChI=1S/C47H91NO5/c1-3-5-7-9-11-13-15-20-23-27-31-35-39-45(50)44(43-49)48-46(51)40-36-32-28-24-21-17-16-18-22-26-30-34-38-42-53-47(52)41-37-33-29-25-19-14-12-10-8-6-4-2/h10,12,44-45,49-50H,3-9,11,13-43H2,1-2H3,(H,48,51)/b12-10-. The Balaban J connectivity index is 3.46. The van der Waals surface area contributed by atoms with E-state index in [4.69, 9.17) is 4.74 Å². The molecule has 1 amide bonds. The summed E-state index contributed by atoms with van der Waals surface area (Å²) in [5.41, 5.74) is 0. The molecule has 0 saturated carbocycles. The largest absolute Gasteiger partial charge is 0.466 e. The summed E-state index contributed by atoms with van der Waals surface area (Å²) in [7, 11) is 0. The van der Waals surface area contributed by atoms with E-state index in [0.29, 0.717) is 25.9 Å². The maximum absolute atomic E-state index is 12.4. The first kappa shape index (κ1) is 51.6. The number of aliphatic hydroxyl groups is 2. The van der Waals surface area contributed by atoms with Gasteiger partial charge in [-0.05, 0) is 44.9 Å². The highest BCUT2D eigenvalue weighted by molar-refractivity contribution is 5.76. The van der Waals surface area contributed by atoms with Crippen LogP contribution in [-0.2, 0) is 14.3 Å². The Morgan fingerprint density at radius 1 is 0.509 bits per heavy atom. The van der Waals surface area contributed by atoms with Crippen LogP contribution in [0.3, 0.4) is 0 Å². The van der Waals surface area contributed by atoms with Crippen molar-refractivity contribution in [2.24, 2.45) is 0 Å². The van der Waals surface area contributed by atoms with E-state index in [2.05, 4.69) is 31.3 Å². The lowest BCUT2D eigenvalue weighted by molar-refractivity contribution is -0.143. The van der Waals surface area contributed by atoms with Gasteiger partial charge < -0.3 is 20.3 Å². The molecule has 6 nitrogen and oxygen atoms in total. The molecule has 0 saturated heterocycles. The molecule has 53 heavy (non-hydrogen) atoms. The van der Waals surface area contributed by atoms with Crippen molar-refractivity contribution >= 4 is 11.9 Å². The molecular weight excluding hydrogens is 659 g/mol. The molecule has 0 heterocycles. The van der Waals surface area contributed by atoms with Crippen LogP contribution in [-0.4, -0.2) is 47.4 Å². The van der Waals surface area contributed by atoms with Crippen LogP contribution in [0.2, 0.25) is 0 Å². The average Bonchev–Trinajstić information content (AvgIpc) is 3.16. The van der Waals surface area contributed by atoms with Crippen LogP contribution in [0.25, 0.3) is 0 Å². The van der Waals surface area contributed by atoms with Crippen molar-refractivity contribution in [1.82, 2.24) is 5.32 Å². The van der Waals surface area contributed by atoms with Crippen molar-refractivity contribution in [1.29, 1.82) is 0 Å². The molecule has 0 spiro atoms. The van der Waals surface area contributed by atoms with Crippen LogP contribution >= 0.6 is 0 Å². The monoisotopic (exact) mass is 750 g/mol. The Morgan fingerprint density at radius 2 is 0.906 bits per heavy atom. The molecule has 2 unspecified atom stereocenters. The van der Waals surface area contributed by atoms with E-state index in [9.17, 15) is 19.8 Å². The Hall–Kier alpha value is -1.40. The van der Waals surface area contributed by atoms with Gasteiger partial charge in [-0.25, -0.2) is 0 Å². The van der Waals surface area contributed by atoms with Gasteiger partial charge in [0.2, 0.25) is 5.91 Å². The molecule has 0 aliphatic rings. The SMILES string of the molecule is CCCC/C=C\CCCCCCCC(=O)OCCCCCCCCCCCCCCCC(=O)NC(CO)C(O)CCCCCCCCCCCCCC. The van der Waals surface area contributed by atoms with Gasteiger partial charge in [0.15, 0.2) is 0 Å². The first-order valence-corrected chi connectivity index (χ1v) is 23.4. The number of aliphatic hydroxyl groups excluding tert-OH is 2. The zero-order valence-corrected chi connectivity index (χ0v) is 35.5. The fourth-order valence-corrected chi connectivity index (χ4v) is 7.15. The Bertz CT molecular complexity index is 787. The summed E-state index contributed by atoms with van der Waals surface area (Å²) >= 11 is 0. The maximum Gasteiger partial charge on any atom is 0.305 e. The minimum absolute atomic E-state index is 0.0168. The van der Waals surface area contributed by atoms with E-state index in [1.54, 1.807) is 0 Å². The quantitative estimate of drug-likeness (QED) is 0.0328. The predicted octanol–water partition coefficient (Wildman–Crippen LogP) is 13.4. The first-order valence-electron chi connectivity index (χ1n) is 23.4. The average molecular weight is 750 g/mol. The van der Waals surface area contributed by atoms with Crippen molar-refractivity contribution < 1.29 is 24.5 Å². The number of hydrogen-bond donors (Lipinski definition) is 3. The van der Waals surface area contributed by atoms with Gasteiger partial charge in [0, 0.05) is 12.8 Å². The molecule has 0 radical (unpaired) electrons. The molecule has 0 aromatic rings. The third-order valence-corrected chi connectivity index (χ3v) is 10.8. The van der Waals surface area contributed by atoms with E-state index in [1.165, 1.54) is 167 Å². The topological polar surface area (TPSA) is 95.9 Å². The van der Waals surface area contributed by atoms with Crippen LogP contribution in [0.1, 0.15) is 251 Å². The Morgan fingerprint density at radius 3 is 1.40 bits per heavy atom. The number of carbonyl (C=O) groups is 2. The summed E-state index contributed by atoms with van der Waals surface area (Å²) < 4.78 is 5.43. The highest BCUT2D eigenvalue weighted by atomic mass is 16.5. The summed E-state index contributed by atoms with van der Waals surface area (Å²) in [6.07, 6.45) is 47.3. The second-order valence-electron chi connectivity index (χ2n) is 16.1. The van der Waals surface area contributed by atoms with Crippen LogP contribution in [0.4, 0.5) is 0 Å². The number of amides is 1. The van der Waals surface area contributed by atoms with Gasteiger partial charge in [-0.15, -0.1) is 0 Å². The lowest BCUT2D eigenvalue weighted by Crippen LogP contribution is -2.45. The van der Waals surface area contributed by atoms with Gasteiger partial charge in [-0.3, -0.25) is 9.59 Å². The molecule has 0 aromatic carbocycles. The summed E-state index contributed by atoms with van der Waals surface area (Å²) in [6.45, 7) is 4.87. The van der Waals surface area contributed by atoms with Crippen molar-refractivity contribution in [3.63, 3.8) is 0 Å². The number of unbranched alkanes of at least 4 members (excludes halogenated alkanes) is 30. The second kappa shape index (κ2) is 43.3. The molecule has 0 fully saturated rings. The highest BCUT2D eigenvalue weighted by Crippen LogP contribution is 2.16. The van der Waals surface area contributed by atoms with Crippen LogP contribution < -0.4 is 5.32 Å². The molecule has 0 aliphatic heterocycles. The molecule has 0 aliphatic carbocycles. The van der Waals surface area contributed by atoms with E-state index in [1.807, 2.05) is 0 Å². The Kier molecular flexibility index (Phi) is 42.2. The summed E-state index contributed by atoms with van der Waals surface area (Å²) in [6, 6.07) is -0.549. The van der Waals surface area contributed by atoms with Gasteiger partial charge in [0.05, 0.1) is 25.4 Å². The summed E-state index contributed by atoms with van der Waals surface area (Å²) in [5.74, 6) is -0.0658. The summed E-state index contributed by atoms with van der Waals surface area (Å²) in [5, 5.41) is 23.1. The molecular formula is C47H91NO5. The van der Waals surface area contributed by atoms with E-state index in [0.717, 1.165) is 51.4 Å². The van der Waals surface area contributed by atoms with Gasteiger partial charge in [-0.1, -0.05) is 206 Å². The van der Waals surface area contributed by atoms with Gasteiger partial charge in [0.1, 0.15) is 0 Å². The smallest absolute Gasteiger partial charge is 0.305 e. The fourth-order valence-electron chi connectivity index (χ4n) is 7.15. The normalized spacial score (nSPS) is 12.8. The summed E-state index contributed by atoms with van der Waals surface area (Å²) in [4.78, 5) is 24.3. The Labute approximate surface area is 329 Å². The van der Waals surface area contributed by atoms with Crippen LogP contribution in [0, 0.1) is 0 Å². The van der Waals surface area contributed by atoms with Gasteiger partial charge in [-0.2, -0.15) is 0 Å². The van der Waals surface area contributed by atoms with Crippen molar-refractivity contribution in [2.45, 2.75) is 264 Å². The minimum Gasteiger partial charge on any atom is -0.466 e. The first-order chi connectivity index (χ1) is 26.0. The van der Waals surface area contributed by atoms with E-state index in [-0.39, 0.29) is 18.5 Å². The van der Waals surface area contributed by atoms with Gasteiger partial charge >= 0.3 is 5.97 Å². The van der Waals surface area contributed by atoms with Crippen LogP contribution in [0.5, 0.6) is 0 Å². The maximum atomic E-state index is 12.4. The molecule has 314 valence electrons. The van der Waals surface area contributed by atoms with Gasteiger partial charge in [0.25, 0.3) is 0 Å². The zero-order chi connectivity index (χ0) is 38.7. The fraction of sp³-hybridized carbons (Fsp3) is 0.915. The third kappa shape index (κ3) is 40.1. The zero-order valence-electron chi connectivity index (χ0n) is 35.5. The number of allylic oxidation sites excluding steroid dienone is 2. The van der Waals surface area contributed by atoms with E-state index < -0.39 is 12.1 Å². The number of rotatable bonds is 43. The minimum atomic E-state index is -0.670. The van der Waals surface area contributed by atoms with Crippen molar-refractivity contribution in [3.8, 4) is 0 Å². The molecule has 0 bridgehead atoms. The molecule has 2 atom stereocenters. The lowest BCUT2D eigenvalue weighted by atomic mass is 10.0. The third-order valence-electron chi connectivity index (χ3n) is 10.8. The van der Waals surface area contributed by atoms with Crippen molar-refractivity contribution in [2.75, 3.05) is 13.2 Å². The number of carbonyl (C=O) groups excluding carboxylic acids is 2. The molecule has 0 aromatic heterocycles. The highest BCUT2D eigenvalue weighted by Gasteiger charge is 2.20. The van der Waals surface area contributed by atoms with E-state index >= 15 is 0 Å². The second-order valence-corrected chi connectivity index (χ2v) is 16.1. The van der Waals surface area contributed by atoms with Crippen molar-refractivity contribution in [3.05, 3.63) is 12.2 Å².